The summed E-state index contributed by atoms with van der Waals surface area (Å²) in [4.78, 5) is 11.7. The third-order valence-corrected chi connectivity index (χ3v) is 2.81. The Morgan fingerprint density at radius 2 is 2.20 bits per heavy atom. The summed E-state index contributed by atoms with van der Waals surface area (Å²) in [6.07, 6.45) is 1.22. The van der Waals surface area contributed by atoms with Crippen molar-refractivity contribution in [1.29, 1.82) is 0 Å². The molecule has 5 nitrogen and oxygen atoms in total. The number of hydrogen-bond acceptors (Lipinski definition) is 4. The Kier molecular flexibility index (Phi) is 4.50. The van der Waals surface area contributed by atoms with Crippen molar-refractivity contribution in [1.82, 2.24) is 5.32 Å². The lowest BCUT2D eigenvalue weighted by Gasteiger charge is -2.32. The maximum Gasteiger partial charge on any atom is 0.240 e. The van der Waals surface area contributed by atoms with Crippen molar-refractivity contribution in [3.63, 3.8) is 0 Å². The summed E-state index contributed by atoms with van der Waals surface area (Å²) in [5.41, 5.74) is 5.14. The van der Waals surface area contributed by atoms with Crippen molar-refractivity contribution < 1.29 is 14.6 Å². The van der Waals surface area contributed by atoms with Crippen LogP contribution in [0.4, 0.5) is 0 Å². The van der Waals surface area contributed by atoms with E-state index in [9.17, 15) is 9.90 Å². The summed E-state index contributed by atoms with van der Waals surface area (Å²) in [5.74, 6) is -0.182. The van der Waals surface area contributed by atoms with Crippen LogP contribution in [0, 0.1) is 0 Å². The molecule has 0 aromatic rings. The highest BCUT2D eigenvalue weighted by molar-refractivity contribution is 5.86. The first-order chi connectivity index (χ1) is 7.08. The normalized spacial score (nSPS) is 22.1. The second-order valence-corrected chi connectivity index (χ2v) is 4.04. The first-order valence-electron chi connectivity index (χ1n) is 5.41. The van der Waals surface area contributed by atoms with Gasteiger partial charge in [0.25, 0.3) is 0 Å². The molecule has 1 saturated heterocycles. The fourth-order valence-corrected chi connectivity index (χ4v) is 1.49. The molecule has 0 saturated carbocycles. The van der Waals surface area contributed by atoms with E-state index < -0.39 is 11.6 Å². The standard InChI is InChI=1S/C10H20N2O3/c1-2-8(13)7-12-9(14)10(11)3-5-15-6-4-10/h8,13H,2-7,11H2,1H3,(H,12,14). The molecule has 1 rings (SSSR count). The summed E-state index contributed by atoms with van der Waals surface area (Å²) in [7, 11) is 0. The molecule has 1 fully saturated rings. The number of rotatable bonds is 4. The van der Waals surface area contributed by atoms with Crippen LogP contribution in [0.25, 0.3) is 0 Å². The van der Waals surface area contributed by atoms with Crippen molar-refractivity contribution in [2.75, 3.05) is 19.8 Å². The number of amides is 1. The Morgan fingerprint density at radius 3 is 2.73 bits per heavy atom. The molecule has 5 heteroatoms. The first-order valence-corrected chi connectivity index (χ1v) is 5.41. The van der Waals surface area contributed by atoms with Gasteiger partial charge in [-0.25, -0.2) is 0 Å². The van der Waals surface area contributed by atoms with Crippen molar-refractivity contribution >= 4 is 5.91 Å². The van der Waals surface area contributed by atoms with Crippen LogP contribution in [0.2, 0.25) is 0 Å². The van der Waals surface area contributed by atoms with Gasteiger partial charge in [-0.2, -0.15) is 0 Å². The lowest BCUT2D eigenvalue weighted by Crippen LogP contribution is -2.57. The lowest BCUT2D eigenvalue weighted by molar-refractivity contribution is -0.130. The highest BCUT2D eigenvalue weighted by Gasteiger charge is 2.35. The van der Waals surface area contributed by atoms with E-state index in [1.54, 1.807) is 0 Å². The molecule has 0 bridgehead atoms. The van der Waals surface area contributed by atoms with Crippen molar-refractivity contribution in [3.8, 4) is 0 Å². The van der Waals surface area contributed by atoms with Gasteiger partial charge in [0, 0.05) is 19.8 Å². The van der Waals surface area contributed by atoms with Crippen LogP contribution in [0.3, 0.4) is 0 Å². The van der Waals surface area contributed by atoms with Gasteiger partial charge in [0.2, 0.25) is 5.91 Å². The Balaban J connectivity index is 2.37. The molecule has 0 aliphatic carbocycles. The summed E-state index contributed by atoms with van der Waals surface area (Å²) < 4.78 is 5.15. The SMILES string of the molecule is CCC(O)CNC(=O)C1(N)CCOCC1. The highest BCUT2D eigenvalue weighted by Crippen LogP contribution is 2.17. The second-order valence-electron chi connectivity index (χ2n) is 4.04. The van der Waals surface area contributed by atoms with Crippen LogP contribution in [0.5, 0.6) is 0 Å². The molecule has 15 heavy (non-hydrogen) atoms. The molecule has 88 valence electrons. The summed E-state index contributed by atoms with van der Waals surface area (Å²) >= 11 is 0. The number of carbonyl (C=O) groups is 1. The van der Waals surface area contributed by atoms with E-state index in [1.165, 1.54) is 0 Å². The minimum atomic E-state index is -0.814. The van der Waals surface area contributed by atoms with Gasteiger partial charge in [0.05, 0.1) is 11.6 Å². The maximum atomic E-state index is 11.7. The number of nitrogens with two attached hydrogens (primary N) is 1. The van der Waals surface area contributed by atoms with E-state index in [2.05, 4.69) is 5.32 Å². The molecule has 0 aromatic heterocycles. The average Bonchev–Trinajstić information content (AvgIpc) is 2.26. The Bertz CT molecular complexity index is 215. The van der Waals surface area contributed by atoms with E-state index >= 15 is 0 Å². The molecule has 0 spiro atoms. The fraction of sp³-hybridized carbons (Fsp3) is 0.900. The zero-order valence-corrected chi connectivity index (χ0v) is 9.16. The van der Waals surface area contributed by atoms with Crippen LogP contribution < -0.4 is 11.1 Å². The van der Waals surface area contributed by atoms with E-state index in [0.717, 1.165) is 0 Å². The molecule has 1 unspecified atom stereocenters. The molecule has 0 radical (unpaired) electrons. The smallest absolute Gasteiger partial charge is 0.240 e. The summed E-state index contributed by atoms with van der Waals surface area (Å²) in [6.45, 7) is 3.19. The van der Waals surface area contributed by atoms with Crippen LogP contribution in [-0.2, 0) is 9.53 Å². The van der Waals surface area contributed by atoms with Crippen molar-refractivity contribution in [3.05, 3.63) is 0 Å². The predicted molar refractivity (Wildman–Crippen MR) is 56.3 cm³/mol. The average molecular weight is 216 g/mol. The van der Waals surface area contributed by atoms with Gasteiger partial charge in [0.15, 0.2) is 0 Å². The Morgan fingerprint density at radius 1 is 1.60 bits per heavy atom. The Hall–Kier alpha value is -0.650. The molecule has 1 amide bonds. The van der Waals surface area contributed by atoms with E-state index in [0.29, 0.717) is 32.5 Å². The molecule has 1 aliphatic heterocycles. The number of nitrogens with one attached hydrogen (secondary N) is 1. The fourth-order valence-electron chi connectivity index (χ4n) is 1.49. The minimum absolute atomic E-state index is 0.182. The van der Waals surface area contributed by atoms with Gasteiger partial charge < -0.3 is 20.9 Å². The zero-order valence-electron chi connectivity index (χ0n) is 9.16. The number of aliphatic hydroxyl groups excluding tert-OH is 1. The Labute approximate surface area is 90.0 Å². The molecule has 1 heterocycles. The maximum absolute atomic E-state index is 11.7. The van der Waals surface area contributed by atoms with Gasteiger partial charge in [-0.3, -0.25) is 4.79 Å². The monoisotopic (exact) mass is 216 g/mol. The quantitative estimate of drug-likeness (QED) is 0.585. The molecule has 1 atom stereocenters. The third-order valence-electron chi connectivity index (χ3n) is 2.81. The van der Waals surface area contributed by atoms with Crippen LogP contribution >= 0.6 is 0 Å². The van der Waals surface area contributed by atoms with Crippen molar-refractivity contribution in [2.45, 2.75) is 37.8 Å². The second kappa shape index (κ2) is 5.44. The van der Waals surface area contributed by atoms with Crippen LogP contribution in [0.15, 0.2) is 0 Å². The van der Waals surface area contributed by atoms with Gasteiger partial charge in [-0.1, -0.05) is 6.92 Å². The molecular weight excluding hydrogens is 196 g/mol. The minimum Gasteiger partial charge on any atom is -0.391 e. The zero-order chi connectivity index (χ0) is 11.3. The van der Waals surface area contributed by atoms with Crippen LogP contribution in [0.1, 0.15) is 26.2 Å². The topological polar surface area (TPSA) is 84.6 Å². The lowest BCUT2D eigenvalue weighted by atomic mass is 9.90. The van der Waals surface area contributed by atoms with Crippen LogP contribution in [-0.4, -0.2) is 42.4 Å². The highest BCUT2D eigenvalue weighted by atomic mass is 16.5. The van der Waals surface area contributed by atoms with E-state index in [4.69, 9.17) is 10.5 Å². The number of ether oxygens (including phenoxy) is 1. The van der Waals surface area contributed by atoms with E-state index in [-0.39, 0.29) is 12.5 Å². The van der Waals surface area contributed by atoms with Gasteiger partial charge in [0.1, 0.15) is 0 Å². The molecule has 4 N–H and O–H groups in total. The molecular formula is C10H20N2O3. The number of aliphatic hydroxyl groups is 1. The summed E-state index contributed by atoms with van der Waals surface area (Å²) in [6, 6.07) is 0. The predicted octanol–water partition coefficient (Wildman–Crippen LogP) is -0.619. The summed E-state index contributed by atoms with van der Waals surface area (Å²) in [5, 5.41) is 12.0. The third kappa shape index (κ3) is 3.44. The van der Waals surface area contributed by atoms with E-state index in [1.807, 2.05) is 6.92 Å². The molecule has 0 aromatic carbocycles. The number of hydrogen-bond donors (Lipinski definition) is 3. The van der Waals surface area contributed by atoms with Gasteiger partial charge >= 0.3 is 0 Å². The number of carbonyl (C=O) groups excluding carboxylic acids is 1. The van der Waals surface area contributed by atoms with Crippen molar-refractivity contribution in [2.24, 2.45) is 5.73 Å². The molecule has 1 aliphatic rings. The van der Waals surface area contributed by atoms with Gasteiger partial charge in [-0.15, -0.1) is 0 Å². The van der Waals surface area contributed by atoms with Gasteiger partial charge in [-0.05, 0) is 19.3 Å². The largest absolute Gasteiger partial charge is 0.391 e. The first kappa shape index (κ1) is 12.4.